The first-order valence-electron chi connectivity index (χ1n) is 9.12. The van der Waals surface area contributed by atoms with Crippen LogP contribution in [0.25, 0.3) is 0 Å². The molecule has 5 nitrogen and oxygen atoms in total. The molecule has 4 rings (SSSR count). The molecule has 138 valence electrons. The van der Waals surface area contributed by atoms with Crippen molar-refractivity contribution in [3.63, 3.8) is 0 Å². The van der Waals surface area contributed by atoms with Crippen LogP contribution in [0.4, 0.5) is 10.2 Å². The van der Waals surface area contributed by atoms with Gasteiger partial charge in [-0.1, -0.05) is 6.07 Å². The van der Waals surface area contributed by atoms with Gasteiger partial charge in [-0.2, -0.15) is 0 Å². The van der Waals surface area contributed by atoms with E-state index in [1.807, 2.05) is 18.2 Å². The van der Waals surface area contributed by atoms with Gasteiger partial charge in [0.25, 0.3) is 0 Å². The summed E-state index contributed by atoms with van der Waals surface area (Å²) in [6.45, 7) is 3.06. The molecule has 26 heavy (non-hydrogen) atoms. The quantitative estimate of drug-likeness (QED) is 0.823. The molecule has 1 aliphatic heterocycles. The molecule has 0 unspecified atom stereocenters. The molecule has 0 bridgehead atoms. The Labute approximate surface area is 153 Å². The Hall–Kier alpha value is -2.21. The van der Waals surface area contributed by atoms with Crippen molar-refractivity contribution in [1.82, 2.24) is 14.9 Å². The number of likely N-dealkylation sites (tertiary alicyclic amines) is 1. The summed E-state index contributed by atoms with van der Waals surface area (Å²) in [4.78, 5) is 13.1. The molecule has 2 aromatic rings. The van der Waals surface area contributed by atoms with E-state index in [4.69, 9.17) is 4.74 Å². The second kappa shape index (κ2) is 6.83. The van der Waals surface area contributed by atoms with E-state index >= 15 is 0 Å². The van der Waals surface area contributed by atoms with Crippen LogP contribution in [-0.2, 0) is 6.54 Å². The van der Waals surface area contributed by atoms with Gasteiger partial charge in [-0.3, -0.25) is 4.90 Å². The lowest BCUT2D eigenvalue weighted by Gasteiger charge is -2.49. The van der Waals surface area contributed by atoms with Gasteiger partial charge in [-0.25, -0.2) is 14.4 Å². The summed E-state index contributed by atoms with van der Waals surface area (Å²) in [5.41, 5.74) is 1.53. The highest BCUT2D eigenvalue weighted by Crippen LogP contribution is 2.50. The lowest BCUT2D eigenvalue weighted by atomic mass is 9.64. The van der Waals surface area contributed by atoms with Crippen LogP contribution < -0.4 is 9.64 Å². The minimum Gasteiger partial charge on any atom is -0.494 e. The molecule has 1 aliphatic carbocycles. The summed E-state index contributed by atoms with van der Waals surface area (Å²) < 4.78 is 18.7. The third-order valence-electron chi connectivity index (χ3n) is 5.95. The zero-order valence-electron chi connectivity index (χ0n) is 15.4. The minimum atomic E-state index is -0.302. The van der Waals surface area contributed by atoms with Gasteiger partial charge >= 0.3 is 0 Å². The number of rotatable bonds is 5. The van der Waals surface area contributed by atoms with Crippen molar-refractivity contribution in [2.75, 3.05) is 32.1 Å². The fourth-order valence-electron chi connectivity index (χ4n) is 4.45. The summed E-state index contributed by atoms with van der Waals surface area (Å²) in [5, 5.41) is 0. The van der Waals surface area contributed by atoms with Crippen molar-refractivity contribution in [3.05, 3.63) is 48.2 Å². The number of methoxy groups -OCH3 is 1. The van der Waals surface area contributed by atoms with Gasteiger partial charge in [0.2, 0.25) is 0 Å². The normalized spacial score (nSPS) is 25.3. The van der Waals surface area contributed by atoms with E-state index in [1.165, 1.54) is 32.4 Å². The first-order valence-corrected chi connectivity index (χ1v) is 9.12. The zero-order valence-corrected chi connectivity index (χ0v) is 15.4. The maximum absolute atomic E-state index is 13.6. The topological polar surface area (TPSA) is 41.5 Å². The molecular weight excluding hydrogens is 331 g/mol. The van der Waals surface area contributed by atoms with Crippen LogP contribution >= 0.6 is 0 Å². The van der Waals surface area contributed by atoms with Crippen molar-refractivity contribution in [3.8, 4) is 5.75 Å². The minimum absolute atomic E-state index is 0.302. The Morgan fingerprint density at radius 2 is 2.19 bits per heavy atom. The molecule has 1 saturated heterocycles. The van der Waals surface area contributed by atoms with Crippen LogP contribution in [0.15, 0.2) is 36.8 Å². The summed E-state index contributed by atoms with van der Waals surface area (Å²) in [6, 6.07) is 7.68. The van der Waals surface area contributed by atoms with E-state index in [1.54, 1.807) is 12.5 Å². The van der Waals surface area contributed by atoms with Crippen molar-refractivity contribution in [1.29, 1.82) is 0 Å². The van der Waals surface area contributed by atoms with Gasteiger partial charge in [0.05, 0.1) is 7.11 Å². The predicted octanol–water partition coefficient (Wildman–Crippen LogP) is 3.12. The largest absolute Gasteiger partial charge is 0.494 e. The number of hydrogen-bond donors (Lipinski definition) is 0. The number of anilines is 1. The summed E-state index contributed by atoms with van der Waals surface area (Å²) in [7, 11) is 3.63. The number of halogens is 1. The molecule has 0 atom stereocenters. The van der Waals surface area contributed by atoms with Gasteiger partial charge in [-0.15, -0.1) is 0 Å². The fraction of sp³-hybridized carbons (Fsp3) is 0.500. The highest BCUT2D eigenvalue weighted by Gasteiger charge is 2.49. The third kappa shape index (κ3) is 3.26. The standard InChI is InChI=1S/C20H25FN4O/c1-24(19-5-7-22-14-23-19)16-10-20(11-16)6-8-25(13-20)12-15-3-4-17(21)18(9-15)26-2/h3-5,7,9,14,16H,6,8,10-13H2,1-2H3. The van der Waals surface area contributed by atoms with Crippen LogP contribution in [0.2, 0.25) is 0 Å². The predicted molar refractivity (Wildman–Crippen MR) is 98.7 cm³/mol. The molecule has 1 aromatic heterocycles. The van der Waals surface area contributed by atoms with Crippen LogP contribution in [0.3, 0.4) is 0 Å². The molecule has 1 spiro atoms. The van der Waals surface area contributed by atoms with Gasteiger partial charge < -0.3 is 9.64 Å². The van der Waals surface area contributed by atoms with E-state index in [0.29, 0.717) is 17.2 Å². The lowest BCUT2D eigenvalue weighted by Crippen LogP contribution is -2.51. The van der Waals surface area contributed by atoms with Crippen LogP contribution in [0.5, 0.6) is 5.75 Å². The summed E-state index contributed by atoms with van der Waals surface area (Å²) in [6.07, 6.45) is 7.04. The van der Waals surface area contributed by atoms with E-state index in [-0.39, 0.29) is 5.82 Å². The zero-order chi connectivity index (χ0) is 18.1. The van der Waals surface area contributed by atoms with Gasteiger partial charge in [-0.05, 0) is 55.0 Å². The average molecular weight is 356 g/mol. The second-order valence-electron chi connectivity index (χ2n) is 7.67. The van der Waals surface area contributed by atoms with Crippen molar-refractivity contribution in [2.45, 2.75) is 31.8 Å². The number of benzene rings is 1. The van der Waals surface area contributed by atoms with Crippen LogP contribution in [0, 0.1) is 11.2 Å². The van der Waals surface area contributed by atoms with E-state index in [0.717, 1.165) is 31.0 Å². The average Bonchev–Trinajstić information content (AvgIpc) is 3.06. The number of hydrogen-bond acceptors (Lipinski definition) is 5. The fourth-order valence-corrected chi connectivity index (χ4v) is 4.45. The molecule has 0 amide bonds. The number of ether oxygens (including phenoxy) is 1. The van der Waals surface area contributed by atoms with Gasteiger partial charge in [0.1, 0.15) is 12.1 Å². The summed E-state index contributed by atoms with van der Waals surface area (Å²) in [5.74, 6) is 1.02. The monoisotopic (exact) mass is 356 g/mol. The number of aromatic nitrogens is 2. The van der Waals surface area contributed by atoms with Crippen molar-refractivity contribution < 1.29 is 9.13 Å². The molecule has 0 N–H and O–H groups in total. The Balaban J connectivity index is 1.33. The summed E-state index contributed by atoms with van der Waals surface area (Å²) >= 11 is 0. The van der Waals surface area contributed by atoms with Gasteiger partial charge in [0, 0.05) is 32.4 Å². The molecule has 6 heteroatoms. The Morgan fingerprint density at radius 3 is 2.92 bits per heavy atom. The smallest absolute Gasteiger partial charge is 0.165 e. The van der Waals surface area contributed by atoms with Crippen LogP contribution in [-0.4, -0.2) is 48.2 Å². The molecule has 1 saturated carbocycles. The highest BCUT2D eigenvalue weighted by atomic mass is 19.1. The lowest BCUT2D eigenvalue weighted by molar-refractivity contribution is 0.107. The molecule has 0 radical (unpaired) electrons. The Morgan fingerprint density at radius 1 is 1.35 bits per heavy atom. The van der Waals surface area contributed by atoms with E-state index < -0.39 is 0 Å². The Bertz CT molecular complexity index is 764. The first kappa shape index (κ1) is 17.2. The van der Waals surface area contributed by atoms with Crippen molar-refractivity contribution >= 4 is 5.82 Å². The van der Waals surface area contributed by atoms with E-state index in [9.17, 15) is 4.39 Å². The first-order chi connectivity index (χ1) is 12.6. The molecule has 2 aliphatic rings. The SMILES string of the molecule is COc1cc(CN2CCC3(CC(N(C)c4ccncn4)C3)C2)ccc1F. The van der Waals surface area contributed by atoms with E-state index in [2.05, 4.69) is 26.8 Å². The second-order valence-corrected chi connectivity index (χ2v) is 7.67. The van der Waals surface area contributed by atoms with Crippen LogP contribution in [0.1, 0.15) is 24.8 Å². The number of nitrogens with zero attached hydrogens (tertiary/aromatic N) is 4. The third-order valence-corrected chi connectivity index (χ3v) is 5.95. The Kier molecular flexibility index (Phi) is 4.53. The van der Waals surface area contributed by atoms with Crippen molar-refractivity contribution in [2.24, 2.45) is 5.41 Å². The molecule has 2 heterocycles. The highest BCUT2D eigenvalue weighted by molar-refractivity contribution is 5.38. The maximum atomic E-state index is 13.6. The molecule has 1 aromatic carbocycles. The molecular formula is C20H25FN4O. The molecule has 2 fully saturated rings. The maximum Gasteiger partial charge on any atom is 0.165 e. The van der Waals surface area contributed by atoms with Gasteiger partial charge in [0.15, 0.2) is 11.6 Å².